The van der Waals surface area contributed by atoms with E-state index in [0.717, 1.165) is 6.54 Å². The topological polar surface area (TPSA) is 15.3 Å². The molecule has 0 aliphatic heterocycles. The Balaban J connectivity index is 2.23. The van der Waals surface area contributed by atoms with Crippen LogP contribution in [0.2, 0.25) is 0 Å². The summed E-state index contributed by atoms with van der Waals surface area (Å²) >= 11 is 0. The smallest absolute Gasteiger partial charge is 0.0381 e. The fourth-order valence-corrected chi connectivity index (χ4v) is 2.07. The average Bonchev–Trinajstić information content (AvgIpc) is 2.10. The Labute approximate surface area is 85.9 Å². The summed E-state index contributed by atoms with van der Waals surface area (Å²) in [5.74, 6) is 0. The fourth-order valence-electron chi connectivity index (χ4n) is 2.07. The van der Waals surface area contributed by atoms with Crippen LogP contribution in [-0.2, 0) is 19.4 Å². The number of hydrazine groups is 1. The first-order valence-electron chi connectivity index (χ1n) is 5.21. The largest absolute Gasteiger partial charge is 0.258 e. The molecule has 1 aromatic carbocycles. The van der Waals surface area contributed by atoms with Crippen LogP contribution in [-0.4, -0.2) is 19.1 Å². The van der Waals surface area contributed by atoms with Gasteiger partial charge in [-0.15, -0.1) is 0 Å². The lowest BCUT2D eigenvalue weighted by atomic mass is 9.82. The van der Waals surface area contributed by atoms with E-state index in [1.807, 2.05) is 7.05 Å². The monoisotopic (exact) mass is 190 g/mol. The van der Waals surface area contributed by atoms with Crippen molar-refractivity contribution in [3.05, 3.63) is 34.4 Å². The van der Waals surface area contributed by atoms with Crippen LogP contribution in [0, 0.1) is 6.92 Å². The molecule has 0 unspecified atom stereocenters. The Morgan fingerprint density at radius 1 is 1.29 bits per heavy atom. The van der Waals surface area contributed by atoms with E-state index in [0.29, 0.717) is 0 Å². The number of nitrogens with one attached hydrogen (secondary N) is 1. The van der Waals surface area contributed by atoms with E-state index in [1.54, 1.807) is 11.1 Å². The SMILES string of the molecule is CNN(C)Cc1ccc(C)c2c1CC2. The molecule has 0 atom stereocenters. The van der Waals surface area contributed by atoms with Gasteiger partial charge in [-0.3, -0.25) is 5.43 Å². The van der Waals surface area contributed by atoms with Gasteiger partial charge in [-0.1, -0.05) is 12.1 Å². The lowest BCUT2D eigenvalue weighted by Crippen LogP contribution is -2.31. The van der Waals surface area contributed by atoms with Gasteiger partial charge in [0, 0.05) is 13.6 Å². The van der Waals surface area contributed by atoms with Crippen molar-refractivity contribution in [2.45, 2.75) is 26.3 Å². The molecule has 2 nitrogen and oxygen atoms in total. The molecule has 0 heterocycles. The molecule has 0 saturated heterocycles. The second-order valence-corrected chi connectivity index (χ2v) is 4.08. The highest BCUT2D eigenvalue weighted by molar-refractivity contribution is 5.46. The van der Waals surface area contributed by atoms with E-state index in [4.69, 9.17) is 0 Å². The van der Waals surface area contributed by atoms with Crippen LogP contribution >= 0.6 is 0 Å². The fraction of sp³-hybridized carbons (Fsp3) is 0.500. The minimum absolute atomic E-state index is 0.999. The molecule has 76 valence electrons. The molecule has 1 aliphatic carbocycles. The number of benzene rings is 1. The van der Waals surface area contributed by atoms with Gasteiger partial charge in [-0.05, 0) is 49.1 Å². The van der Waals surface area contributed by atoms with E-state index < -0.39 is 0 Å². The maximum Gasteiger partial charge on any atom is 0.0381 e. The predicted molar refractivity (Wildman–Crippen MR) is 59.1 cm³/mol. The van der Waals surface area contributed by atoms with E-state index >= 15 is 0 Å². The number of hydrogen-bond donors (Lipinski definition) is 1. The first-order valence-corrected chi connectivity index (χ1v) is 5.21. The molecule has 0 aromatic heterocycles. The van der Waals surface area contributed by atoms with Crippen molar-refractivity contribution in [3.63, 3.8) is 0 Å². The lowest BCUT2D eigenvalue weighted by Gasteiger charge is -2.27. The normalized spacial score (nSPS) is 14.0. The Hall–Kier alpha value is -0.860. The minimum Gasteiger partial charge on any atom is -0.258 e. The van der Waals surface area contributed by atoms with Crippen LogP contribution in [0.5, 0.6) is 0 Å². The van der Waals surface area contributed by atoms with Gasteiger partial charge in [0.15, 0.2) is 0 Å². The maximum absolute atomic E-state index is 3.13. The van der Waals surface area contributed by atoms with Crippen LogP contribution in [0.15, 0.2) is 12.1 Å². The third-order valence-corrected chi connectivity index (χ3v) is 3.18. The predicted octanol–water partition coefficient (Wildman–Crippen LogP) is 1.66. The second-order valence-electron chi connectivity index (χ2n) is 4.08. The van der Waals surface area contributed by atoms with Crippen LogP contribution in [0.4, 0.5) is 0 Å². The summed E-state index contributed by atoms with van der Waals surface area (Å²) in [6.45, 7) is 3.21. The molecule has 0 spiro atoms. The highest BCUT2D eigenvalue weighted by atomic mass is 15.5. The second kappa shape index (κ2) is 3.71. The van der Waals surface area contributed by atoms with Crippen molar-refractivity contribution in [1.29, 1.82) is 0 Å². The van der Waals surface area contributed by atoms with Gasteiger partial charge in [0.25, 0.3) is 0 Å². The third kappa shape index (κ3) is 1.56. The molecule has 0 bridgehead atoms. The number of rotatable bonds is 3. The molecule has 14 heavy (non-hydrogen) atoms. The number of hydrogen-bond acceptors (Lipinski definition) is 2. The molecule has 1 aromatic rings. The first kappa shape index (κ1) is 9.69. The van der Waals surface area contributed by atoms with E-state index in [2.05, 4.69) is 36.5 Å². The van der Waals surface area contributed by atoms with Crippen molar-refractivity contribution in [1.82, 2.24) is 10.4 Å². The van der Waals surface area contributed by atoms with Gasteiger partial charge < -0.3 is 0 Å². The summed E-state index contributed by atoms with van der Waals surface area (Å²) in [6, 6.07) is 4.51. The molecule has 0 amide bonds. The summed E-state index contributed by atoms with van der Waals surface area (Å²) in [4.78, 5) is 0. The summed E-state index contributed by atoms with van der Waals surface area (Å²) in [5.41, 5.74) is 9.25. The third-order valence-electron chi connectivity index (χ3n) is 3.18. The van der Waals surface area contributed by atoms with E-state index in [9.17, 15) is 0 Å². The van der Waals surface area contributed by atoms with Crippen molar-refractivity contribution in [2.24, 2.45) is 0 Å². The van der Waals surface area contributed by atoms with Gasteiger partial charge in [0.1, 0.15) is 0 Å². The van der Waals surface area contributed by atoms with Crippen LogP contribution in [0.1, 0.15) is 22.3 Å². The first-order chi connectivity index (χ1) is 6.72. The van der Waals surface area contributed by atoms with Gasteiger partial charge in [0.05, 0.1) is 0 Å². The average molecular weight is 190 g/mol. The summed E-state index contributed by atoms with van der Waals surface area (Å²) in [5, 5.41) is 2.11. The van der Waals surface area contributed by atoms with Gasteiger partial charge in [0.2, 0.25) is 0 Å². The van der Waals surface area contributed by atoms with Gasteiger partial charge >= 0.3 is 0 Å². The number of fused-ring (bicyclic) bond motifs is 1. The highest BCUT2D eigenvalue weighted by Crippen LogP contribution is 2.29. The molecule has 0 saturated carbocycles. The Morgan fingerprint density at radius 3 is 2.57 bits per heavy atom. The van der Waals surface area contributed by atoms with Crippen molar-refractivity contribution in [3.8, 4) is 0 Å². The summed E-state index contributed by atoms with van der Waals surface area (Å²) in [7, 11) is 4.03. The number of aryl methyl sites for hydroxylation is 1. The summed E-state index contributed by atoms with van der Waals surface area (Å²) < 4.78 is 0. The van der Waals surface area contributed by atoms with Gasteiger partial charge in [-0.25, -0.2) is 5.01 Å². The van der Waals surface area contributed by atoms with E-state index in [-0.39, 0.29) is 0 Å². The lowest BCUT2D eigenvalue weighted by molar-refractivity contribution is 0.250. The molecular formula is C12H18N2. The van der Waals surface area contributed by atoms with Crippen molar-refractivity contribution < 1.29 is 0 Å². The Morgan fingerprint density at radius 2 is 2.00 bits per heavy atom. The van der Waals surface area contributed by atoms with Crippen molar-refractivity contribution >= 4 is 0 Å². The van der Waals surface area contributed by atoms with Crippen LogP contribution in [0.25, 0.3) is 0 Å². The maximum atomic E-state index is 3.13. The van der Waals surface area contributed by atoms with Crippen LogP contribution in [0.3, 0.4) is 0 Å². The quantitative estimate of drug-likeness (QED) is 0.729. The highest BCUT2D eigenvalue weighted by Gasteiger charge is 2.19. The standard InChI is InChI=1S/C12H18N2/c1-9-4-5-10(8-14(3)13-2)12-7-6-11(9)12/h4-5,13H,6-8H2,1-3H3. The molecule has 0 radical (unpaired) electrons. The molecule has 1 aliphatic rings. The minimum atomic E-state index is 0.999. The molecular weight excluding hydrogens is 172 g/mol. The van der Waals surface area contributed by atoms with Crippen molar-refractivity contribution in [2.75, 3.05) is 14.1 Å². The molecule has 1 N–H and O–H groups in total. The number of nitrogens with zero attached hydrogens (tertiary/aromatic N) is 1. The Bertz CT molecular complexity index is 344. The molecule has 0 fully saturated rings. The zero-order valence-corrected chi connectivity index (χ0v) is 9.22. The zero-order valence-electron chi connectivity index (χ0n) is 9.22. The molecule has 2 rings (SSSR count). The molecule has 2 heteroatoms. The zero-order chi connectivity index (χ0) is 10.1. The van der Waals surface area contributed by atoms with Gasteiger partial charge in [-0.2, -0.15) is 0 Å². The Kier molecular flexibility index (Phi) is 2.57. The van der Waals surface area contributed by atoms with E-state index in [1.165, 1.54) is 24.0 Å². The summed E-state index contributed by atoms with van der Waals surface area (Å²) in [6.07, 6.45) is 2.54. The van der Waals surface area contributed by atoms with Crippen LogP contribution < -0.4 is 5.43 Å².